The molecule has 9 heteroatoms. The van der Waals surface area contributed by atoms with Gasteiger partial charge in [-0.05, 0) is 32.1 Å². The molecule has 2 N–H and O–H groups in total. The van der Waals surface area contributed by atoms with Crippen molar-refractivity contribution in [3.63, 3.8) is 0 Å². The van der Waals surface area contributed by atoms with Crippen molar-refractivity contribution in [1.29, 1.82) is 0 Å². The molecule has 1 aromatic carbocycles. The zero-order chi connectivity index (χ0) is 18.9. The summed E-state index contributed by atoms with van der Waals surface area (Å²) in [7, 11) is 4.91. The summed E-state index contributed by atoms with van der Waals surface area (Å²) < 4.78 is 15.7. The molecule has 0 aliphatic heterocycles. The number of carbonyl (C=O) groups is 1. The number of amides is 1. The molecule has 2 rings (SSSR count). The molecule has 0 fully saturated rings. The highest BCUT2D eigenvalue weighted by Gasteiger charge is 2.16. The lowest BCUT2D eigenvalue weighted by atomic mass is 10.2. The van der Waals surface area contributed by atoms with Gasteiger partial charge < -0.3 is 24.6 Å². The molecular weight excluding hydrogens is 360 g/mol. The van der Waals surface area contributed by atoms with E-state index in [4.69, 9.17) is 25.6 Å². The summed E-state index contributed by atoms with van der Waals surface area (Å²) in [6.45, 7) is 1.50. The summed E-state index contributed by atoms with van der Waals surface area (Å²) in [4.78, 5) is 16.1. The second-order valence-electron chi connectivity index (χ2n) is 5.51. The first-order valence-electron chi connectivity index (χ1n) is 8.24. The number of aryl methyl sites for hydroxylation is 1. The van der Waals surface area contributed by atoms with Gasteiger partial charge >= 0.3 is 0 Å². The van der Waals surface area contributed by atoms with Gasteiger partial charge in [0, 0.05) is 24.9 Å². The lowest BCUT2D eigenvalue weighted by Crippen LogP contribution is -2.26. The Labute approximate surface area is 157 Å². The van der Waals surface area contributed by atoms with Crippen molar-refractivity contribution >= 4 is 17.5 Å². The minimum Gasteiger partial charge on any atom is -0.493 e. The second-order valence-corrected chi connectivity index (χ2v) is 5.92. The molecule has 1 heterocycles. The van der Waals surface area contributed by atoms with Gasteiger partial charge in [-0.15, -0.1) is 0 Å². The van der Waals surface area contributed by atoms with Crippen LogP contribution in [-0.2, 0) is 11.2 Å². The fraction of sp³-hybridized carbons (Fsp3) is 0.471. The summed E-state index contributed by atoms with van der Waals surface area (Å²) in [6.07, 6.45) is 1.53. The number of aromatic nitrogens is 2. The molecule has 0 saturated heterocycles. The van der Waals surface area contributed by atoms with Gasteiger partial charge in [0.05, 0.1) is 19.2 Å². The van der Waals surface area contributed by atoms with Gasteiger partial charge in [-0.1, -0.05) is 16.8 Å². The molecule has 1 amide bonds. The van der Waals surface area contributed by atoms with Crippen molar-refractivity contribution in [2.45, 2.75) is 19.3 Å². The van der Waals surface area contributed by atoms with Crippen molar-refractivity contribution in [1.82, 2.24) is 20.8 Å². The van der Waals surface area contributed by atoms with Crippen LogP contribution in [0.15, 0.2) is 16.7 Å². The molecular formula is C17H23ClN4O4. The number of carbonyl (C=O) groups excluding carboxylic acids is 1. The van der Waals surface area contributed by atoms with E-state index in [1.54, 1.807) is 12.1 Å². The Hall–Kier alpha value is -2.32. The number of rotatable bonds is 10. The van der Waals surface area contributed by atoms with Crippen molar-refractivity contribution in [2.75, 3.05) is 34.4 Å². The molecule has 0 atom stereocenters. The van der Waals surface area contributed by atoms with Gasteiger partial charge in [0.25, 0.3) is 0 Å². The van der Waals surface area contributed by atoms with E-state index in [1.165, 1.54) is 14.2 Å². The van der Waals surface area contributed by atoms with Gasteiger partial charge in [0.1, 0.15) is 0 Å². The lowest BCUT2D eigenvalue weighted by Gasteiger charge is -2.10. The van der Waals surface area contributed by atoms with Gasteiger partial charge in [-0.2, -0.15) is 4.98 Å². The van der Waals surface area contributed by atoms with E-state index in [1.807, 2.05) is 7.05 Å². The Kier molecular flexibility index (Phi) is 7.68. The Morgan fingerprint density at radius 1 is 1.27 bits per heavy atom. The van der Waals surface area contributed by atoms with Gasteiger partial charge in [0.15, 0.2) is 11.5 Å². The zero-order valence-electron chi connectivity index (χ0n) is 15.1. The molecule has 2 aromatic rings. The standard InChI is InChI=1S/C17H23ClN4O4/c1-19-7-4-8-20-14(23)5-6-15-21-17(22-26-15)11-9-12(18)16(25-3)13(10-11)24-2/h9-10,19H,4-8H2,1-3H3,(H,20,23). The monoisotopic (exact) mass is 382 g/mol. The molecule has 0 aliphatic rings. The normalized spacial score (nSPS) is 10.6. The third kappa shape index (κ3) is 5.34. The number of nitrogens with zero attached hydrogens (tertiary/aromatic N) is 2. The number of hydrogen-bond donors (Lipinski definition) is 2. The number of halogens is 1. The molecule has 8 nitrogen and oxygen atoms in total. The third-order valence-electron chi connectivity index (χ3n) is 3.65. The molecule has 0 spiro atoms. The Morgan fingerprint density at radius 2 is 2.08 bits per heavy atom. The molecule has 0 unspecified atom stereocenters. The molecule has 26 heavy (non-hydrogen) atoms. The van der Waals surface area contributed by atoms with Crippen LogP contribution < -0.4 is 20.1 Å². The maximum atomic E-state index is 11.8. The summed E-state index contributed by atoms with van der Waals surface area (Å²) in [5, 5.41) is 10.2. The number of nitrogens with one attached hydrogen (secondary N) is 2. The Bertz CT molecular complexity index is 736. The maximum absolute atomic E-state index is 11.8. The smallest absolute Gasteiger partial charge is 0.227 e. The Balaban J connectivity index is 1.97. The van der Waals surface area contributed by atoms with Crippen LogP contribution in [-0.4, -0.2) is 50.4 Å². The van der Waals surface area contributed by atoms with Gasteiger partial charge in [-0.25, -0.2) is 0 Å². The van der Waals surface area contributed by atoms with E-state index < -0.39 is 0 Å². The minimum atomic E-state index is -0.0463. The fourth-order valence-corrected chi connectivity index (χ4v) is 2.61. The van der Waals surface area contributed by atoms with Crippen molar-refractivity contribution in [3.8, 4) is 22.9 Å². The van der Waals surface area contributed by atoms with Crippen LogP contribution in [0.4, 0.5) is 0 Å². The first-order chi connectivity index (χ1) is 12.6. The number of ether oxygens (including phenoxy) is 2. The topological polar surface area (TPSA) is 98.5 Å². The van der Waals surface area contributed by atoms with Crippen molar-refractivity contribution < 1.29 is 18.8 Å². The third-order valence-corrected chi connectivity index (χ3v) is 3.93. The van der Waals surface area contributed by atoms with E-state index >= 15 is 0 Å². The highest BCUT2D eigenvalue weighted by molar-refractivity contribution is 6.32. The first-order valence-corrected chi connectivity index (χ1v) is 8.62. The average molecular weight is 383 g/mol. The molecule has 0 aliphatic carbocycles. The molecule has 0 saturated carbocycles. The maximum Gasteiger partial charge on any atom is 0.227 e. The predicted molar refractivity (Wildman–Crippen MR) is 97.7 cm³/mol. The Morgan fingerprint density at radius 3 is 2.77 bits per heavy atom. The molecule has 1 aromatic heterocycles. The summed E-state index contributed by atoms with van der Waals surface area (Å²) in [5.74, 6) is 1.63. The first kappa shape index (κ1) is 20.0. The van der Waals surface area contributed by atoms with E-state index in [2.05, 4.69) is 20.8 Å². The summed E-state index contributed by atoms with van der Waals surface area (Å²) in [6, 6.07) is 3.39. The second kappa shape index (κ2) is 9.98. The predicted octanol–water partition coefficient (Wildman–Crippen LogP) is 2.07. The zero-order valence-corrected chi connectivity index (χ0v) is 15.9. The van der Waals surface area contributed by atoms with Crippen LogP contribution in [0, 0.1) is 0 Å². The number of hydrogen-bond acceptors (Lipinski definition) is 7. The van der Waals surface area contributed by atoms with Crippen LogP contribution >= 0.6 is 11.6 Å². The summed E-state index contributed by atoms with van der Waals surface area (Å²) >= 11 is 6.20. The SMILES string of the molecule is CNCCCNC(=O)CCc1nc(-c2cc(Cl)c(OC)c(OC)c2)no1. The van der Waals surface area contributed by atoms with Crippen LogP contribution in [0.1, 0.15) is 18.7 Å². The fourth-order valence-electron chi connectivity index (χ4n) is 2.32. The number of methoxy groups -OCH3 is 2. The van der Waals surface area contributed by atoms with E-state index in [0.717, 1.165) is 13.0 Å². The quantitative estimate of drug-likeness (QED) is 0.607. The largest absolute Gasteiger partial charge is 0.493 e. The van der Waals surface area contributed by atoms with Crippen LogP contribution in [0.3, 0.4) is 0 Å². The molecule has 0 bridgehead atoms. The molecule has 0 radical (unpaired) electrons. The number of benzene rings is 1. The molecule has 142 valence electrons. The van der Waals surface area contributed by atoms with Crippen molar-refractivity contribution in [3.05, 3.63) is 23.0 Å². The van der Waals surface area contributed by atoms with E-state index in [9.17, 15) is 4.79 Å². The van der Waals surface area contributed by atoms with Crippen LogP contribution in [0.5, 0.6) is 11.5 Å². The summed E-state index contributed by atoms with van der Waals surface area (Å²) in [5.41, 5.74) is 0.638. The van der Waals surface area contributed by atoms with Crippen molar-refractivity contribution in [2.24, 2.45) is 0 Å². The van der Waals surface area contributed by atoms with E-state index in [0.29, 0.717) is 46.8 Å². The van der Waals surface area contributed by atoms with Gasteiger partial charge in [-0.3, -0.25) is 4.79 Å². The van der Waals surface area contributed by atoms with E-state index in [-0.39, 0.29) is 12.3 Å². The minimum absolute atomic E-state index is 0.0463. The van der Waals surface area contributed by atoms with Crippen LogP contribution in [0.25, 0.3) is 11.4 Å². The lowest BCUT2D eigenvalue weighted by molar-refractivity contribution is -0.121. The highest BCUT2D eigenvalue weighted by atomic mass is 35.5. The highest BCUT2D eigenvalue weighted by Crippen LogP contribution is 2.38. The average Bonchev–Trinajstić information content (AvgIpc) is 3.12. The van der Waals surface area contributed by atoms with Gasteiger partial charge in [0.2, 0.25) is 17.6 Å². The van der Waals surface area contributed by atoms with Crippen LogP contribution in [0.2, 0.25) is 5.02 Å².